The van der Waals surface area contributed by atoms with Gasteiger partial charge < -0.3 is 9.84 Å². The Morgan fingerprint density at radius 2 is 1.93 bits per heavy atom. The molecule has 0 aromatic rings. The van der Waals surface area contributed by atoms with Crippen LogP contribution in [0.2, 0.25) is 0 Å². The summed E-state index contributed by atoms with van der Waals surface area (Å²) in [6.45, 7) is 3.17. The van der Waals surface area contributed by atoms with E-state index in [1.165, 1.54) is 19.3 Å². The summed E-state index contributed by atoms with van der Waals surface area (Å²) >= 11 is 0. The summed E-state index contributed by atoms with van der Waals surface area (Å²) in [6, 6.07) is 0. The van der Waals surface area contributed by atoms with Crippen LogP contribution in [0.5, 0.6) is 0 Å². The second-order valence-electron chi connectivity index (χ2n) is 5.14. The molecule has 2 nitrogen and oxygen atoms in total. The Bertz CT molecular complexity index is 187. The fourth-order valence-corrected chi connectivity index (χ4v) is 2.36. The first-order chi connectivity index (χ1) is 6.71. The molecule has 2 unspecified atom stereocenters. The average molecular weight is 198 g/mol. The third-order valence-corrected chi connectivity index (χ3v) is 3.69. The van der Waals surface area contributed by atoms with Gasteiger partial charge in [0.1, 0.15) is 0 Å². The Morgan fingerprint density at radius 3 is 2.64 bits per heavy atom. The topological polar surface area (TPSA) is 29.5 Å². The van der Waals surface area contributed by atoms with E-state index in [-0.39, 0.29) is 6.10 Å². The number of hydrogen-bond donors (Lipinski definition) is 1. The molecule has 2 aliphatic rings. The van der Waals surface area contributed by atoms with E-state index in [0.29, 0.717) is 0 Å². The van der Waals surface area contributed by atoms with Gasteiger partial charge in [0.2, 0.25) is 0 Å². The van der Waals surface area contributed by atoms with Gasteiger partial charge in [0.05, 0.1) is 11.7 Å². The van der Waals surface area contributed by atoms with Gasteiger partial charge in [-0.1, -0.05) is 19.8 Å². The average Bonchev–Trinajstić information content (AvgIpc) is 2.85. The fourth-order valence-electron chi connectivity index (χ4n) is 2.36. The second kappa shape index (κ2) is 4.19. The molecule has 2 atom stereocenters. The minimum atomic E-state index is -0.440. The Hall–Kier alpha value is -0.0800. The van der Waals surface area contributed by atoms with E-state index in [1.807, 2.05) is 0 Å². The molecule has 1 saturated heterocycles. The van der Waals surface area contributed by atoms with Crippen molar-refractivity contribution in [3.63, 3.8) is 0 Å². The van der Waals surface area contributed by atoms with Crippen molar-refractivity contribution in [3.8, 4) is 0 Å². The quantitative estimate of drug-likeness (QED) is 0.701. The smallest absolute Gasteiger partial charge is 0.0910 e. The number of aliphatic hydroxyl groups is 1. The predicted molar refractivity (Wildman–Crippen MR) is 56.2 cm³/mol. The molecule has 82 valence electrons. The molecule has 1 aliphatic carbocycles. The molecular weight excluding hydrogens is 176 g/mol. The molecule has 1 N–H and O–H groups in total. The highest BCUT2D eigenvalue weighted by Gasteiger charge is 2.48. The highest BCUT2D eigenvalue weighted by molar-refractivity contribution is 5.00. The maximum atomic E-state index is 10.0. The van der Waals surface area contributed by atoms with Crippen LogP contribution in [0.4, 0.5) is 0 Å². The normalized spacial score (nSPS) is 38.1. The summed E-state index contributed by atoms with van der Waals surface area (Å²) in [7, 11) is 0. The van der Waals surface area contributed by atoms with Gasteiger partial charge in [-0.3, -0.25) is 0 Å². The van der Waals surface area contributed by atoms with Crippen molar-refractivity contribution in [1.29, 1.82) is 0 Å². The lowest BCUT2D eigenvalue weighted by atomic mass is 9.96. The van der Waals surface area contributed by atoms with Crippen LogP contribution in [-0.4, -0.2) is 23.4 Å². The van der Waals surface area contributed by atoms with Crippen molar-refractivity contribution in [2.24, 2.45) is 5.92 Å². The molecule has 1 aliphatic heterocycles. The molecule has 2 heteroatoms. The van der Waals surface area contributed by atoms with Crippen molar-refractivity contribution in [3.05, 3.63) is 0 Å². The summed E-state index contributed by atoms with van der Waals surface area (Å²) in [5.41, 5.74) is -0.440. The van der Waals surface area contributed by atoms with E-state index in [2.05, 4.69) is 6.92 Å². The molecular formula is C12H22O2. The third-order valence-electron chi connectivity index (χ3n) is 3.69. The van der Waals surface area contributed by atoms with E-state index in [1.54, 1.807) is 0 Å². The van der Waals surface area contributed by atoms with Crippen LogP contribution >= 0.6 is 0 Å². The van der Waals surface area contributed by atoms with Gasteiger partial charge in [-0.2, -0.15) is 0 Å². The van der Waals surface area contributed by atoms with Crippen LogP contribution in [0.25, 0.3) is 0 Å². The summed E-state index contributed by atoms with van der Waals surface area (Å²) in [5, 5.41) is 10.0. The molecule has 0 radical (unpaired) electrons. The molecule has 0 aromatic carbocycles. The zero-order chi connectivity index (χ0) is 10.0. The second-order valence-corrected chi connectivity index (χ2v) is 5.14. The van der Waals surface area contributed by atoms with Crippen molar-refractivity contribution < 1.29 is 9.84 Å². The van der Waals surface area contributed by atoms with E-state index < -0.39 is 5.60 Å². The van der Waals surface area contributed by atoms with Gasteiger partial charge in [-0.15, -0.1) is 0 Å². The van der Waals surface area contributed by atoms with Crippen LogP contribution in [0, 0.1) is 5.92 Å². The summed E-state index contributed by atoms with van der Waals surface area (Å²) in [6.07, 6.45) is 8.07. The Morgan fingerprint density at radius 1 is 1.14 bits per heavy atom. The maximum Gasteiger partial charge on any atom is 0.0910 e. The lowest BCUT2D eigenvalue weighted by molar-refractivity contribution is -0.0571. The minimum Gasteiger partial charge on any atom is -0.387 e. The molecule has 1 heterocycles. The molecule has 0 amide bonds. The van der Waals surface area contributed by atoms with Gasteiger partial charge in [0.15, 0.2) is 0 Å². The van der Waals surface area contributed by atoms with Crippen LogP contribution in [-0.2, 0) is 4.74 Å². The van der Waals surface area contributed by atoms with Crippen molar-refractivity contribution in [2.45, 2.75) is 63.6 Å². The van der Waals surface area contributed by atoms with Gasteiger partial charge in [-0.05, 0) is 38.0 Å². The van der Waals surface area contributed by atoms with E-state index >= 15 is 0 Å². The van der Waals surface area contributed by atoms with Crippen molar-refractivity contribution >= 4 is 0 Å². The number of hydrogen-bond acceptors (Lipinski definition) is 2. The van der Waals surface area contributed by atoms with E-state index in [0.717, 1.165) is 38.2 Å². The van der Waals surface area contributed by atoms with E-state index in [4.69, 9.17) is 4.74 Å². The summed E-state index contributed by atoms with van der Waals surface area (Å²) < 4.78 is 5.79. The first-order valence-corrected chi connectivity index (χ1v) is 6.05. The lowest BCUT2D eigenvalue weighted by Gasteiger charge is -2.23. The number of ether oxygens (including phenoxy) is 1. The maximum absolute atomic E-state index is 10.0. The zero-order valence-electron chi connectivity index (χ0n) is 9.17. The largest absolute Gasteiger partial charge is 0.387 e. The van der Waals surface area contributed by atoms with Gasteiger partial charge in [-0.25, -0.2) is 0 Å². The molecule has 2 rings (SSSR count). The Kier molecular flexibility index (Phi) is 3.13. The van der Waals surface area contributed by atoms with Gasteiger partial charge in [0.25, 0.3) is 0 Å². The van der Waals surface area contributed by atoms with Crippen molar-refractivity contribution in [2.75, 3.05) is 6.61 Å². The Labute approximate surface area is 86.6 Å². The highest BCUT2D eigenvalue weighted by Crippen LogP contribution is 2.42. The first-order valence-electron chi connectivity index (χ1n) is 6.05. The minimum absolute atomic E-state index is 0.128. The monoisotopic (exact) mass is 198 g/mol. The molecule has 2 fully saturated rings. The standard InChI is InChI=1S/C12H22O2/c1-10-4-2-3-9-14-11(6-5-10)12(13)7-8-12/h10-11,13H,2-9H2,1H3. The molecule has 0 aromatic heterocycles. The molecule has 1 saturated carbocycles. The number of rotatable bonds is 1. The highest BCUT2D eigenvalue weighted by atomic mass is 16.5. The van der Waals surface area contributed by atoms with Gasteiger partial charge >= 0.3 is 0 Å². The lowest BCUT2D eigenvalue weighted by Crippen LogP contribution is -2.31. The van der Waals surface area contributed by atoms with E-state index in [9.17, 15) is 5.11 Å². The molecule has 14 heavy (non-hydrogen) atoms. The van der Waals surface area contributed by atoms with Crippen molar-refractivity contribution in [1.82, 2.24) is 0 Å². The third kappa shape index (κ3) is 2.48. The van der Waals surface area contributed by atoms with Crippen LogP contribution in [0.15, 0.2) is 0 Å². The summed E-state index contributed by atoms with van der Waals surface area (Å²) in [4.78, 5) is 0. The predicted octanol–water partition coefficient (Wildman–Crippen LogP) is 2.50. The fraction of sp³-hybridized carbons (Fsp3) is 1.00. The van der Waals surface area contributed by atoms with Crippen LogP contribution in [0.3, 0.4) is 0 Å². The van der Waals surface area contributed by atoms with Gasteiger partial charge in [0, 0.05) is 6.61 Å². The van der Waals surface area contributed by atoms with Crippen LogP contribution < -0.4 is 0 Å². The zero-order valence-corrected chi connectivity index (χ0v) is 9.17. The SMILES string of the molecule is CC1CCCCOC(C2(O)CC2)CC1. The molecule has 0 bridgehead atoms. The summed E-state index contributed by atoms with van der Waals surface area (Å²) in [5.74, 6) is 0.807. The van der Waals surface area contributed by atoms with Crippen LogP contribution in [0.1, 0.15) is 51.9 Å². The Balaban J connectivity index is 1.88. The first kappa shape index (κ1) is 10.4. The molecule has 0 spiro atoms.